The number of carbonyl (C=O) groups is 2. The van der Waals surface area contributed by atoms with Crippen molar-refractivity contribution in [2.24, 2.45) is 0 Å². The van der Waals surface area contributed by atoms with Gasteiger partial charge in [-0.15, -0.1) is 0 Å². The minimum absolute atomic E-state index is 0.477. The van der Waals surface area contributed by atoms with E-state index >= 15 is 0 Å². The van der Waals surface area contributed by atoms with E-state index < -0.39 is 11.8 Å². The Morgan fingerprint density at radius 2 is 1.50 bits per heavy atom. The topological polar surface area (TPSA) is 58.2 Å². The van der Waals surface area contributed by atoms with Gasteiger partial charge in [0.25, 0.3) is 0 Å². The predicted molar refractivity (Wildman–Crippen MR) is 89.4 cm³/mol. The highest BCUT2D eigenvalue weighted by molar-refractivity contribution is 6.44. The Morgan fingerprint density at radius 1 is 0.909 bits per heavy atom. The van der Waals surface area contributed by atoms with Crippen LogP contribution >= 0.6 is 11.6 Å². The van der Waals surface area contributed by atoms with Gasteiger partial charge in [0, 0.05) is 16.4 Å². The minimum atomic E-state index is -0.735. The average Bonchev–Trinajstić information content (AvgIpc) is 2.42. The number of halogens is 1. The fraction of sp³-hybridized carbons (Fsp3) is 0.176. The monoisotopic (exact) mass is 316 g/mol. The molecule has 114 valence electrons. The molecule has 2 amide bonds. The van der Waals surface area contributed by atoms with Crippen LogP contribution in [0.1, 0.15) is 16.7 Å². The first kappa shape index (κ1) is 16.0. The summed E-state index contributed by atoms with van der Waals surface area (Å²) in [6, 6.07) is 10.5. The highest BCUT2D eigenvalue weighted by Crippen LogP contribution is 2.22. The van der Waals surface area contributed by atoms with Gasteiger partial charge in [0.2, 0.25) is 0 Å². The van der Waals surface area contributed by atoms with Crippen LogP contribution in [-0.2, 0) is 9.59 Å². The molecule has 0 atom stereocenters. The summed E-state index contributed by atoms with van der Waals surface area (Å²) in [5.74, 6) is -1.45. The van der Waals surface area contributed by atoms with Crippen molar-refractivity contribution in [2.45, 2.75) is 20.8 Å². The largest absolute Gasteiger partial charge is 0.318 e. The third kappa shape index (κ3) is 3.86. The molecule has 0 aliphatic rings. The molecule has 0 aromatic heterocycles. The second-order valence-corrected chi connectivity index (χ2v) is 5.63. The van der Waals surface area contributed by atoms with Gasteiger partial charge >= 0.3 is 11.8 Å². The van der Waals surface area contributed by atoms with E-state index in [1.54, 1.807) is 24.3 Å². The molecule has 2 aromatic rings. The first-order valence-corrected chi connectivity index (χ1v) is 7.20. The fourth-order valence-electron chi connectivity index (χ4n) is 2.30. The lowest BCUT2D eigenvalue weighted by molar-refractivity contribution is -0.133. The molecular formula is C17H17ClN2O2. The molecule has 0 heterocycles. The van der Waals surface area contributed by atoms with Crippen molar-refractivity contribution >= 4 is 34.8 Å². The van der Waals surface area contributed by atoms with E-state index in [0.717, 1.165) is 16.7 Å². The molecule has 2 N–H and O–H groups in total. The molecule has 0 spiro atoms. The van der Waals surface area contributed by atoms with Crippen molar-refractivity contribution in [1.29, 1.82) is 0 Å². The number of hydrogen-bond donors (Lipinski definition) is 2. The van der Waals surface area contributed by atoms with Crippen LogP contribution in [0.25, 0.3) is 0 Å². The minimum Gasteiger partial charge on any atom is -0.318 e. The third-order valence-electron chi connectivity index (χ3n) is 3.20. The predicted octanol–water partition coefficient (Wildman–Crippen LogP) is 3.84. The van der Waals surface area contributed by atoms with Crippen LogP contribution in [0.15, 0.2) is 36.4 Å². The van der Waals surface area contributed by atoms with Gasteiger partial charge in [-0.3, -0.25) is 9.59 Å². The van der Waals surface area contributed by atoms with Gasteiger partial charge in [0.05, 0.1) is 0 Å². The summed E-state index contributed by atoms with van der Waals surface area (Å²) in [5, 5.41) is 5.66. The summed E-state index contributed by atoms with van der Waals surface area (Å²) < 4.78 is 0. The average molecular weight is 317 g/mol. The smallest absolute Gasteiger partial charge is 0.314 e. The summed E-state index contributed by atoms with van der Waals surface area (Å²) >= 11 is 5.84. The summed E-state index contributed by atoms with van der Waals surface area (Å²) in [6.45, 7) is 5.77. The molecule has 0 saturated carbocycles. The molecule has 0 radical (unpaired) electrons. The van der Waals surface area contributed by atoms with E-state index in [2.05, 4.69) is 10.6 Å². The van der Waals surface area contributed by atoms with Crippen LogP contribution in [0.5, 0.6) is 0 Å². The fourth-order valence-corrected chi connectivity index (χ4v) is 2.49. The van der Waals surface area contributed by atoms with Gasteiger partial charge in [-0.1, -0.05) is 35.4 Å². The van der Waals surface area contributed by atoms with Gasteiger partial charge in [0.1, 0.15) is 0 Å². The van der Waals surface area contributed by atoms with Crippen molar-refractivity contribution in [3.05, 3.63) is 58.1 Å². The van der Waals surface area contributed by atoms with Gasteiger partial charge in [-0.25, -0.2) is 0 Å². The Hall–Kier alpha value is -2.33. The lowest BCUT2D eigenvalue weighted by Crippen LogP contribution is -2.29. The number of anilines is 2. The highest BCUT2D eigenvalue weighted by atomic mass is 35.5. The van der Waals surface area contributed by atoms with Gasteiger partial charge < -0.3 is 10.6 Å². The van der Waals surface area contributed by atoms with E-state index in [4.69, 9.17) is 11.6 Å². The van der Waals surface area contributed by atoms with E-state index in [1.807, 2.05) is 32.9 Å². The Labute approximate surface area is 134 Å². The molecule has 5 heteroatoms. The second kappa shape index (κ2) is 6.62. The van der Waals surface area contributed by atoms with Crippen molar-refractivity contribution in [3.8, 4) is 0 Å². The lowest BCUT2D eigenvalue weighted by Gasteiger charge is -2.12. The molecule has 2 aromatic carbocycles. The molecule has 4 nitrogen and oxygen atoms in total. The molecule has 22 heavy (non-hydrogen) atoms. The molecule has 0 unspecified atom stereocenters. The Bertz CT molecular complexity index is 718. The Balaban J connectivity index is 2.11. The van der Waals surface area contributed by atoms with Gasteiger partial charge in [0.15, 0.2) is 0 Å². The van der Waals surface area contributed by atoms with E-state index in [9.17, 15) is 9.59 Å². The van der Waals surface area contributed by atoms with Gasteiger partial charge in [-0.2, -0.15) is 0 Å². The van der Waals surface area contributed by atoms with E-state index in [-0.39, 0.29) is 0 Å². The van der Waals surface area contributed by atoms with Crippen molar-refractivity contribution in [1.82, 2.24) is 0 Å². The maximum atomic E-state index is 12.0. The standard InChI is InChI=1S/C17H17ClN2O2/c1-10-7-11(2)15(12(3)8-10)20-17(22)16(21)19-14-6-4-5-13(18)9-14/h4-9H,1-3H3,(H,19,21)(H,20,22). The van der Waals surface area contributed by atoms with E-state index in [0.29, 0.717) is 16.4 Å². The number of aryl methyl sites for hydroxylation is 3. The SMILES string of the molecule is Cc1cc(C)c(NC(=O)C(=O)Nc2cccc(Cl)c2)c(C)c1. The number of carbonyl (C=O) groups excluding carboxylic acids is 2. The number of amides is 2. The number of nitrogens with one attached hydrogen (secondary N) is 2. The molecule has 0 aliphatic heterocycles. The number of benzene rings is 2. The summed E-state index contributed by atoms with van der Waals surface area (Å²) in [5.41, 5.74) is 4.08. The summed E-state index contributed by atoms with van der Waals surface area (Å²) in [7, 11) is 0. The van der Waals surface area contributed by atoms with Crippen molar-refractivity contribution in [2.75, 3.05) is 10.6 Å². The Morgan fingerprint density at radius 3 is 2.09 bits per heavy atom. The van der Waals surface area contributed by atoms with Crippen LogP contribution < -0.4 is 10.6 Å². The molecule has 0 bridgehead atoms. The molecule has 0 fully saturated rings. The van der Waals surface area contributed by atoms with Crippen LogP contribution in [0.3, 0.4) is 0 Å². The second-order valence-electron chi connectivity index (χ2n) is 5.19. The first-order valence-electron chi connectivity index (χ1n) is 6.82. The first-order chi connectivity index (χ1) is 10.4. The van der Waals surface area contributed by atoms with Crippen LogP contribution in [0, 0.1) is 20.8 Å². The molecule has 2 rings (SSSR count). The summed E-state index contributed by atoms with van der Waals surface area (Å²) in [4.78, 5) is 24.0. The normalized spacial score (nSPS) is 10.2. The van der Waals surface area contributed by atoms with Crippen LogP contribution in [0.4, 0.5) is 11.4 Å². The number of rotatable bonds is 2. The zero-order chi connectivity index (χ0) is 16.3. The Kier molecular flexibility index (Phi) is 4.83. The molecule has 0 aliphatic carbocycles. The summed E-state index contributed by atoms with van der Waals surface area (Å²) in [6.07, 6.45) is 0. The number of hydrogen-bond acceptors (Lipinski definition) is 2. The van der Waals surface area contributed by atoms with Crippen LogP contribution in [-0.4, -0.2) is 11.8 Å². The van der Waals surface area contributed by atoms with Crippen molar-refractivity contribution < 1.29 is 9.59 Å². The highest BCUT2D eigenvalue weighted by Gasteiger charge is 2.16. The zero-order valence-corrected chi connectivity index (χ0v) is 13.4. The maximum Gasteiger partial charge on any atom is 0.314 e. The molecule has 0 saturated heterocycles. The zero-order valence-electron chi connectivity index (χ0n) is 12.7. The lowest BCUT2D eigenvalue weighted by atomic mass is 10.1. The third-order valence-corrected chi connectivity index (χ3v) is 3.44. The van der Waals surface area contributed by atoms with E-state index in [1.165, 1.54) is 0 Å². The van der Waals surface area contributed by atoms with Gasteiger partial charge in [-0.05, 0) is 50.1 Å². The van der Waals surface area contributed by atoms with Crippen LogP contribution in [0.2, 0.25) is 5.02 Å². The quantitative estimate of drug-likeness (QED) is 0.827. The van der Waals surface area contributed by atoms with Crippen molar-refractivity contribution in [3.63, 3.8) is 0 Å². The molecular weight excluding hydrogens is 300 g/mol. The maximum absolute atomic E-state index is 12.0.